The number of likely N-dealkylation sites (tertiary alicyclic amines) is 1. The maximum Gasteiger partial charge on any atom is 0.251 e. The van der Waals surface area contributed by atoms with Crippen LogP contribution in [0.1, 0.15) is 34.6 Å². The monoisotopic (exact) mass is 291 g/mol. The molecule has 21 heavy (non-hydrogen) atoms. The largest absolute Gasteiger partial charge is 0.396 e. The molecule has 2 rings (SSSR count). The van der Waals surface area contributed by atoms with Crippen LogP contribution in [0.25, 0.3) is 0 Å². The molecule has 2 N–H and O–H groups in total. The first kappa shape index (κ1) is 15.9. The topological polar surface area (TPSA) is 65.5 Å². The third-order valence-electron chi connectivity index (χ3n) is 3.92. The Balaban J connectivity index is 1.79. The zero-order valence-corrected chi connectivity index (χ0v) is 12.9. The van der Waals surface area contributed by atoms with Crippen LogP contribution in [0.15, 0.2) is 12.1 Å². The summed E-state index contributed by atoms with van der Waals surface area (Å²) < 4.78 is 0. The number of carbonyl (C=O) groups excluding carboxylic acids is 1. The Morgan fingerprint density at radius 2 is 2.14 bits per heavy atom. The van der Waals surface area contributed by atoms with Gasteiger partial charge >= 0.3 is 0 Å². The van der Waals surface area contributed by atoms with Crippen LogP contribution in [0.5, 0.6) is 0 Å². The maximum absolute atomic E-state index is 12.1. The van der Waals surface area contributed by atoms with Crippen LogP contribution < -0.4 is 5.32 Å². The van der Waals surface area contributed by atoms with E-state index in [1.807, 2.05) is 26.0 Å². The number of aliphatic hydroxyl groups is 1. The fourth-order valence-electron chi connectivity index (χ4n) is 2.90. The van der Waals surface area contributed by atoms with E-state index in [4.69, 9.17) is 0 Å². The Hall–Kier alpha value is -1.46. The molecule has 1 saturated heterocycles. The third kappa shape index (κ3) is 4.79. The summed E-state index contributed by atoms with van der Waals surface area (Å²) in [6.45, 7) is 7.51. The van der Waals surface area contributed by atoms with Crippen LogP contribution in [0.4, 0.5) is 0 Å². The fourth-order valence-corrected chi connectivity index (χ4v) is 2.90. The lowest BCUT2D eigenvalue weighted by Crippen LogP contribution is -2.41. The van der Waals surface area contributed by atoms with Gasteiger partial charge in [0.1, 0.15) is 0 Å². The van der Waals surface area contributed by atoms with Gasteiger partial charge in [0.05, 0.1) is 0 Å². The van der Waals surface area contributed by atoms with Gasteiger partial charge in [0, 0.05) is 43.2 Å². The number of aliphatic hydroxyl groups excluding tert-OH is 1. The highest BCUT2D eigenvalue weighted by Crippen LogP contribution is 2.15. The summed E-state index contributed by atoms with van der Waals surface area (Å²) >= 11 is 0. The molecule has 0 spiro atoms. The minimum Gasteiger partial charge on any atom is -0.396 e. The van der Waals surface area contributed by atoms with Crippen molar-refractivity contribution in [1.29, 1.82) is 0 Å². The Kier molecular flexibility index (Phi) is 5.70. The summed E-state index contributed by atoms with van der Waals surface area (Å²) in [5.41, 5.74) is 2.40. The van der Waals surface area contributed by atoms with Gasteiger partial charge < -0.3 is 15.3 Å². The molecule has 0 saturated carbocycles. The highest BCUT2D eigenvalue weighted by molar-refractivity contribution is 5.94. The van der Waals surface area contributed by atoms with Crippen LogP contribution in [-0.2, 0) is 0 Å². The Morgan fingerprint density at radius 1 is 1.43 bits per heavy atom. The van der Waals surface area contributed by atoms with Gasteiger partial charge in [0.2, 0.25) is 0 Å². The molecule has 0 aromatic carbocycles. The highest BCUT2D eigenvalue weighted by atomic mass is 16.3. The normalized spacial score (nSPS) is 19.5. The summed E-state index contributed by atoms with van der Waals surface area (Å²) in [6.07, 6.45) is 2.23. The van der Waals surface area contributed by atoms with E-state index in [0.717, 1.165) is 43.9 Å². The molecule has 0 unspecified atom stereocenters. The first-order chi connectivity index (χ1) is 10.1. The molecule has 1 aromatic heterocycles. The SMILES string of the molecule is Cc1cc(C(=O)NCCN2CCC[C@@H](CO)C2)cc(C)n1. The Morgan fingerprint density at radius 3 is 2.81 bits per heavy atom. The summed E-state index contributed by atoms with van der Waals surface area (Å²) in [5.74, 6) is 0.347. The smallest absolute Gasteiger partial charge is 0.251 e. The van der Waals surface area contributed by atoms with E-state index >= 15 is 0 Å². The van der Waals surface area contributed by atoms with Gasteiger partial charge in [0.15, 0.2) is 0 Å². The Bertz CT molecular complexity index is 470. The number of nitrogens with zero attached hydrogens (tertiary/aromatic N) is 2. The van der Waals surface area contributed by atoms with Crippen molar-refractivity contribution in [3.63, 3.8) is 0 Å². The molecule has 1 aliphatic rings. The molecule has 2 heterocycles. The second-order valence-electron chi connectivity index (χ2n) is 5.89. The zero-order chi connectivity index (χ0) is 15.2. The van der Waals surface area contributed by atoms with Crippen LogP contribution in [0.2, 0.25) is 0 Å². The van der Waals surface area contributed by atoms with Crippen LogP contribution in [-0.4, -0.2) is 53.7 Å². The van der Waals surface area contributed by atoms with E-state index in [0.29, 0.717) is 18.0 Å². The van der Waals surface area contributed by atoms with Gasteiger partial charge in [-0.2, -0.15) is 0 Å². The highest BCUT2D eigenvalue weighted by Gasteiger charge is 2.18. The maximum atomic E-state index is 12.1. The molecule has 1 aliphatic heterocycles. The predicted molar refractivity (Wildman–Crippen MR) is 82.3 cm³/mol. The molecule has 1 aromatic rings. The third-order valence-corrected chi connectivity index (χ3v) is 3.92. The molecule has 116 valence electrons. The van der Waals surface area contributed by atoms with Crippen molar-refractivity contribution >= 4 is 5.91 Å². The number of pyridine rings is 1. The predicted octanol–water partition coefficient (Wildman–Crippen LogP) is 1.13. The van der Waals surface area contributed by atoms with Crippen LogP contribution >= 0.6 is 0 Å². The van der Waals surface area contributed by atoms with Gasteiger partial charge in [0.25, 0.3) is 5.91 Å². The van der Waals surface area contributed by atoms with Gasteiger partial charge in [-0.1, -0.05) is 0 Å². The van der Waals surface area contributed by atoms with Crippen LogP contribution in [0.3, 0.4) is 0 Å². The van der Waals surface area contributed by atoms with Crippen molar-refractivity contribution in [2.24, 2.45) is 5.92 Å². The lowest BCUT2D eigenvalue weighted by Gasteiger charge is -2.31. The van der Waals surface area contributed by atoms with E-state index in [9.17, 15) is 9.90 Å². The minimum absolute atomic E-state index is 0.0423. The van der Waals surface area contributed by atoms with Crippen molar-refractivity contribution in [1.82, 2.24) is 15.2 Å². The lowest BCUT2D eigenvalue weighted by atomic mass is 9.99. The summed E-state index contributed by atoms with van der Waals surface area (Å²) in [4.78, 5) is 18.7. The molecule has 1 amide bonds. The van der Waals surface area contributed by atoms with E-state index in [-0.39, 0.29) is 12.5 Å². The molecule has 0 bridgehead atoms. The molecule has 1 atom stereocenters. The van der Waals surface area contributed by atoms with Crippen molar-refractivity contribution in [3.05, 3.63) is 29.1 Å². The van der Waals surface area contributed by atoms with E-state index in [1.54, 1.807) is 0 Å². The lowest BCUT2D eigenvalue weighted by molar-refractivity contribution is 0.0930. The molecule has 5 heteroatoms. The average Bonchev–Trinajstić information content (AvgIpc) is 2.46. The average molecular weight is 291 g/mol. The molecular weight excluding hydrogens is 266 g/mol. The number of piperidine rings is 1. The number of rotatable bonds is 5. The van der Waals surface area contributed by atoms with Gasteiger partial charge in [-0.15, -0.1) is 0 Å². The van der Waals surface area contributed by atoms with Gasteiger partial charge in [-0.25, -0.2) is 0 Å². The molecule has 5 nitrogen and oxygen atoms in total. The van der Waals surface area contributed by atoms with Gasteiger partial charge in [-0.3, -0.25) is 9.78 Å². The first-order valence-electron chi connectivity index (χ1n) is 7.65. The molecular formula is C16H25N3O2. The molecule has 0 aliphatic carbocycles. The second kappa shape index (κ2) is 7.52. The van der Waals surface area contributed by atoms with E-state index in [2.05, 4.69) is 15.2 Å². The summed E-state index contributed by atoms with van der Waals surface area (Å²) in [5, 5.41) is 12.2. The number of nitrogens with one attached hydrogen (secondary N) is 1. The van der Waals surface area contributed by atoms with Crippen molar-refractivity contribution in [3.8, 4) is 0 Å². The van der Waals surface area contributed by atoms with Gasteiger partial charge in [-0.05, 0) is 51.3 Å². The fraction of sp³-hybridized carbons (Fsp3) is 0.625. The number of hydrogen-bond acceptors (Lipinski definition) is 4. The standard InChI is InChI=1S/C16H25N3O2/c1-12-8-15(9-13(2)18-12)16(21)17-5-7-19-6-3-4-14(10-19)11-20/h8-9,14,20H,3-7,10-11H2,1-2H3,(H,17,21)/t14-/m1/s1. The summed E-state index contributed by atoms with van der Waals surface area (Å²) in [6, 6.07) is 3.62. The molecule has 1 fully saturated rings. The second-order valence-corrected chi connectivity index (χ2v) is 5.89. The van der Waals surface area contributed by atoms with Crippen molar-refractivity contribution in [2.45, 2.75) is 26.7 Å². The number of aromatic nitrogens is 1. The number of amides is 1. The number of carbonyl (C=O) groups is 1. The Labute approximate surface area is 126 Å². The number of aryl methyl sites for hydroxylation is 2. The van der Waals surface area contributed by atoms with Crippen LogP contribution in [0, 0.1) is 19.8 Å². The summed E-state index contributed by atoms with van der Waals surface area (Å²) in [7, 11) is 0. The molecule has 0 radical (unpaired) electrons. The first-order valence-corrected chi connectivity index (χ1v) is 7.65. The zero-order valence-electron chi connectivity index (χ0n) is 12.9. The minimum atomic E-state index is -0.0423. The number of hydrogen-bond donors (Lipinski definition) is 2. The van der Waals surface area contributed by atoms with E-state index < -0.39 is 0 Å². The van der Waals surface area contributed by atoms with E-state index in [1.165, 1.54) is 0 Å². The quantitative estimate of drug-likeness (QED) is 0.853. The van der Waals surface area contributed by atoms with Crippen molar-refractivity contribution < 1.29 is 9.90 Å². The van der Waals surface area contributed by atoms with Crippen molar-refractivity contribution in [2.75, 3.05) is 32.8 Å².